The maximum absolute atomic E-state index is 14.1. The highest BCUT2D eigenvalue weighted by Gasteiger charge is 2.72. The summed E-state index contributed by atoms with van der Waals surface area (Å²) in [5.74, 6) is -2.35. The van der Waals surface area contributed by atoms with Crippen LogP contribution in [0.5, 0.6) is 0 Å². The SMILES string of the molecule is O=C(Nc1cc(Cl)cc(Cl)c1)[C@H]1[C@H]2C=C[C@@]3(O2)[C@H]1C(=O)N(CCN1CCOCC1)[C@@H]3C(=O)NC1CCCCC1. The molecule has 2 N–H and O–H groups in total. The Morgan fingerprint density at radius 1 is 1.00 bits per heavy atom. The Bertz CT molecular complexity index is 1150. The van der Waals surface area contributed by atoms with Crippen LogP contribution >= 0.6 is 23.2 Å². The highest BCUT2D eigenvalue weighted by molar-refractivity contribution is 6.35. The molecule has 9 nitrogen and oxygen atoms in total. The van der Waals surface area contributed by atoms with E-state index in [4.69, 9.17) is 32.7 Å². The third-order valence-electron chi connectivity index (χ3n) is 8.77. The summed E-state index contributed by atoms with van der Waals surface area (Å²) in [4.78, 5) is 45.5. The van der Waals surface area contributed by atoms with E-state index < -0.39 is 29.6 Å². The lowest BCUT2D eigenvalue weighted by atomic mass is 9.74. The summed E-state index contributed by atoms with van der Waals surface area (Å²) in [6.07, 6.45) is 8.28. The lowest BCUT2D eigenvalue weighted by molar-refractivity contribution is -0.141. The van der Waals surface area contributed by atoms with Gasteiger partial charge in [0.2, 0.25) is 17.7 Å². The van der Waals surface area contributed by atoms with Gasteiger partial charge in [-0.05, 0) is 31.0 Å². The molecule has 4 fully saturated rings. The second-order valence-corrected chi connectivity index (χ2v) is 12.1. The molecule has 210 valence electrons. The van der Waals surface area contributed by atoms with Crippen LogP contribution in [0.15, 0.2) is 30.4 Å². The van der Waals surface area contributed by atoms with Gasteiger partial charge in [-0.15, -0.1) is 0 Å². The van der Waals surface area contributed by atoms with Crippen molar-refractivity contribution in [3.63, 3.8) is 0 Å². The second kappa shape index (κ2) is 11.0. The van der Waals surface area contributed by atoms with Crippen molar-refractivity contribution >= 4 is 46.6 Å². The molecule has 0 radical (unpaired) electrons. The van der Waals surface area contributed by atoms with Gasteiger partial charge < -0.3 is 25.0 Å². The average Bonchev–Trinajstić information content (AvgIpc) is 3.55. The summed E-state index contributed by atoms with van der Waals surface area (Å²) in [5.41, 5.74) is -0.737. The molecule has 0 unspecified atom stereocenters. The summed E-state index contributed by atoms with van der Waals surface area (Å²) in [5, 5.41) is 6.88. The van der Waals surface area contributed by atoms with Gasteiger partial charge in [0, 0.05) is 48.0 Å². The zero-order valence-corrected chi connectivity index (χ0v) is 23.3. The van der Waals surface area contributed by atoms with E-state index in [1.807, 2.05) is 12.2 Å². The Labute approximate surface area is 238 Å². The number of fused-ring (bicyclic) bond motifs is 1. The lowest BCUT2D eigenvalue weighted by Gasteiger charge is -2.35. The molecule has 4 heterocycles. The van der Waals surface area contributed by atoms with E-state index in [0.29, 0.717) is 42.0 Å². The van der Waals surface area contributed by atoms with Crippen LogP contribution in [0.2, 0.25) is 10.0 Å². The minimum absolute atomic E-state index is 0.0900. The normalized spacial score (nSPS) is 32.5. The van der Waals surface area contributed by atoms with Crippen LogP contribution in [0.3, 0.4) is 0 Å². The highest BCUT2D eigenvalue weighted by atomic mass is 35.5. The van der Waals surface area contributed by atoms with Crippen molar-refractivity contribution in [2.45, 2.75) is 55.9 Å². The van der Waals surface area contributed by atoms with Gasteiger partial charge in [-0.25, -0.2) is 0 Å². The van der Waals surface area contributed by atoms with E-state index in [1.54, 1.807) is 23.1 Å². The number of halogens is 2. The Balaban J connectivity index is 1.27. The van der Waals surface area contributed by atoms with E-state index in [0.717, 1.165) is 38.8 Å². The molecule has 11 heteroatoms. The number of amides is 3. The fourth-order valence-electron chi connectivity index (χ4n) is 6.96. The maximum atomic E-state index is 14.1. The number of rotatable bonds is 7. The van der Waals surface area contributed by atoms with Crippen LogP contribution in [0.4, 0.5) is 5.69 Å². The third-order valence-corrected chi connectivity index (χ3v) is 9.20. The first-order chi connectivity index (χ1) is 18.9. The standard InChI is InChI=1S/C28H34Cl2N4O5/c29-17-14-18(30)16-20(15-17)32-25(35)22-21-6-7-28(39-21)23(22)27(37)34(9-8-33-10-12-38-13-11-33)24(28)26(36)31-19-4-2-1-3-5-19/h6-7,14-16,19,21-24H,1-5,8-13H2,(H,31,36)(H,32,35)/t21-,22+,23-,24-,28-/m1/s1. The first kappa shape index (κ1) is 27.0. The number of carbonyl (C=O) groups excluding carboxylic acids is 3. The van der Waals surface area contributed by atoms with Crippen LogP contribution in [-0.2, 0) is 23.9 Å². The predicted molar refractivity (Wildman–Crippen MR) is 147 cm³/mol. The van der Waals surface area contributed by atoms with Crippen LogP contribution < -0.4 is 10.6 Å². The van der Waals surface area contributed by atoms with Gasteiger partial charge in [0.05, 0.1) is 31.2 Å². The smallest absolute Gasteiger partial charge is 0.246 e. The molecule has 1 aliphatic carbocycles. The molecule has 1 spiro atoms. The van der Waals surface area contributed by atoms with Crippen molar-refractivity contribution in [1.29, 1.82) is 0 Å². The summed E-state index contributed by atoms with van der Waals surface area (Å²) in [6, 6.07) is 4.05. The Hall–Kier alpha value is -2.17. The zero-order valence-electron chi connectivity index (χ0n) is 21.7. The van der Waals surface area contributed by atoms with Gasteiger partial charge >= 0.3 is 0 Å². The molecule has 4 aliphatic heterocycles. The number of nitrogens with one attached hydrogen (secondary N) is 2. The molecule has 6 rings (SSSR count). The van der Waals surface area contributed by atoms with E-state index in [1.165, 1.54) is 6.42 Å². The molecule has 1 aromatic rings. The molecule has 39 heavy (non-hydrogen) atoms. The molecule has 1 aromatic carbocycles. The largest absolute Gasteiger partial charge is 0.379 e. The number of benzene rings is 1. The predicted octanol–water partition coefficient (Wildman–Crippen LogP) is 2.86. The molecule has 3 saturated heterocycles. The molecule has 5 aliphatic rings. The Morgan fingerprint density at radius 3 is 2.44 bits per heavy atom. The lowest BCUT2D eigenvalue weighted by Crippen LogP contribution is -2.57. The molecule has 1 saturated carbocycles. The minimum atomic E-state index is -1.18. The zero-order chi connectivity index (χ0) is 27.1. The molecule has 2 bridgehead atoms. The summed E-state index contributed by atoms with van der Waals surface area (Å²) in [6.45, 7) is 3.85. The van der Waals surface area contributed by atoms with E-state index in [2.05, 4.69) is 15.5 Å². The molecule has 3 amide bonds. The minimum Gasteiger partial charge on any atom is -0.379 e. The van der Waals surface area contributed by atoms with Gasteiger partial charge in [0.25, 0.3) is 0 Å². The fraction of sp³-hybridized carbons (Fsp3) is 0.607. The number of anilines is 1. The maximum Gasteiger partial charge on any atom is 0.246 e. The van der Waals surface area contributed by atoms with Crippen LogP contribution in [0.25, 0.3) is 0 Å². The molecule has 0 aromatic heterocycles. The van der Waals surface area contributed by atoms with Crippen LogP contribution in [-0.4, -0.2) is 90.7 Å². The quantitative estimate of drug-likeness (QED) is 0.484. The van der Waals surface area contributed by atoms with Crippen molar-refractivity contribution in [3.8, 4) is 0 Å². The number of hydrogen-bond acceptors (Lipinski definition) is 6. The van der Waals surface area contributed by atoms with E-state index >= 15 is 0 Å². The summed E-state index contributed by atoms with van der Waals surface area (Å²) in [7, 11) is 0. The monoisotopic (exact) mass is 576 g/mol. The third kappa shape index (κ3) is 5.08. The Kier molecular flexibility index (Phi) is 7.63. The average molecular weight is 578 g/mol. The van der Waals surface area contributed by atoms with Gasteiger partial charge in [0.1, 0.15) is 11.6 Å². The van der Waals surface area contributed by atoms with Gasteiger partial charge in [-0.3, -0.25) is 19.3 Å². The van der Waals surface area contributed by atoms with Gasteiger partial charge in [-0.1, -0.05) is 54.6 Å². The van der Waals surface area contributed by atoms with Crippen molar-refractivity contribution in [2.24, 2.45) is 11.8 Å². The summed E-state index contributed by atoms with van der Waals surface area (Å²) < 4.78 is 11.9. The van der Waals surface area contributed by atoms with Crippen LogP contribution in [0.1, 0.15) is 32.1 Å². The number of morpholine rings is 1. The number of ether oxygens (including phenoxy) is 2. The second-order valence-electron chi connectivity index (χ2n) is 11.2. The fourth-order valence-corrected chi connectivity index (χ4v) is 7.49. The van der Waals surface area contributed by atoms with E-state index in [9.17, 15) is 14.4 Å². The number of likely N-dealkylation sites (tertiary alicyclic amines) is 1. The molecular weight excluding hydrogens is 543 g/mol. The first-order valence-electron chi connectivity index (χ1n) is 13.9. The molecular formula is C28H34Cl2N4O5. The van der Waals surface area contributed by atoms with Crippen molar-refractivity contribution < 1.29 is 23.9 Å². The number of hydrogen-bond donors (Lipinski definition) is 2. The van der Waals surface area contributed by atoms with Crippen LogP contribution in [0, 0.1) is 11.8 Å². The number of carbonyl (C=O) groups is 3. The first-order valence-corrected chi connectivity index (χ1v) is 14.7. The summed E-state index contributed by atoms with van der Waals surface area (Å²) >= 11 is 12.3. The van der Waals surface area contributed by atoms with Crippen molar-refractivity contribution in [3.05, 3.63) is 40.4 Å². The van der Waals surface area contributed by atoms with Crippen molar-refractivity contribution in [2.75, 3.05) is 44.7 Å². The topological polar surface area (TPSA) is 100 Å². The number of nitrogens with zero attached hydrogens (tertiary/aromatic N) is 2. The van der Waals surface area contributed by atoms with Crippen molar-refractivity contribution in [1.82, 2.24) is 15.1 Å². The van der Waals surface area contributed by atoms with Gasteiger partial charge in [-0.2, -0.15) is 0 Å². The molecule has 5 atom stereocenters. The van der Waals surface area contributed by atoms with E-state index in [-0.39, 0.29) is 23.8 Å². The highest BCUT2D eigenvalue weighted by Crippen LogP contribution is 2.55. The van der Waals surface area contributed by atoms with Gasteiger partial charge in [0.15, 0.2) is 0 Å². The Morgan fingerprint density at radius 2 is 1.72 bits per heavy atom.